The van der Waals surface area contributed by atoms with Gasteiger partial charge in [0.2, 0.25) is 0 Å². The van der Waals surface area contributed by atoms with Crippen molar-refractivity contribution < 1.29 is 4.79 Å². The minimum Gasteiger partial charge on any atom is -0.349 e. The number of fused-ring (bicyclic) bond motifs is 1. The highest BCUT2D eigenvalue weighted by Crippen LogP contribution is 2.25. The van der Waals surface area contributed by atoms with E-state index in [-0.39, 0.29) is 5.91 Å². The maximum Gasteiger partial charge on any atom is 0.251 e. The molecule has 3 rings (SSSR count). The highest BCUT2D eigenvalue weighted by Gasteiger charge is 2.25. The van der Waals surface area contributed by atoms with Gasteiger partial charge in [-0.05, 0) is 50.8 Å². The minimum atomic E-state index is -0.00400. The van der Waals surface area contributed by atoms with Gasteiger partial charge in [0.1, 0.15) is 0 Å². The third-order valence-corrected chi connectivity index (χ3v) is 4.52. The van der Waals surface area contributed by atoms with Gasteiger partial charge in [0.25, 0.3) is 5.91 Å². The summed E-state index contributed by atoms with van der Waals surface area (Å²) in [6, 6.07) is 5.85. The van der Waals surface area contributed by atoms with E-state index in [4.69, 9.17) is 0 Å². The molecule has 0 saturated heterocycles. The Morgan fingerprint density at radius 1 is 1.14 bits per heavy atom. The first-order valence-electron chi connectivity index (χ1n) is 7.60. The van der Waals surface area contributed by atoms with Gasteiger partial charge in [-0.2, -0.15) is 0 Å². The predicted molar refractivity (Wildman–Crippen MR) is 83.3 cm³/mol. The number of hydrogen-bond donors (Lipinski definition) is 1. The maximum atomic E-state index is 12.4. The van der Waals surface area contributed by atoms with Gasteiger partial charge in [-0.15, -0.1) is 0 Å². The fourth-order valence-corrected chi connectivity index (χ4v) is 2.98. The van der Waals surface area contributed by atoms with E-state index in [2.05, 4.69) is 22.2 Å². The Morgan fingerprint density at radius 3 is 2.52 bits per heavy atom. The third-order valence-electron chi connectivity index (χ3n) is 4.52. The predicted octanol–water partition coefficient (Wildman–Crippen LogP) is 3.17. The Kier molecular flexibility index (Phi) is 3.62. The molecule has 0 bridgehead atoms. The van der Waals surface area contributed by atoms with E-state index in [1.54, 1.807) is 0 Å². The molecular weight excluding hydrogens is 262 g/mol. The number of nitrogens with zero attached hydrogens (tertiary/aromatic N) is 2. The molecule has 1 N–H and O–H groups in total. The van der Waals surface area contributed by atoms with E-state index < -0.39 is 0 Å². The van der Waals surface area contributed by atoms with Crippen LogP contribution >= 0.6 is 0 Å². The van der Waals surface area contributed by atoms with Crippen LogP contribution in [0.4, 0.5) is 0 Å². The van der Waals surface area contributed by atoms with E-state index in [1.807, 2.05) is 32.0 Å². The summed E-state index contributed by atoms with van der Waals surface area (Å²) in [5.74, 6) is 0.565. The average molecular weight is 283 g/mol. The van der Waals surface area contributed by atoms with Crippen molar-refractivity contribution in [3.05, 3.63) is 35.2 Å². The topological polar surface area (TPSA) is 54.9 Å². The van der Waals surface area contributed by atoms with Crippen molar-refractivity contribution in [1.82, 2.24) is 15.3 Å². The number of carbonyl (C=O) groups is 1. The standard InChI is InChI=1S/C17H21N3O/c1-10-5-4-6-14(10)20-17(21)13-7-8-15-16(9-13)19-12(3)11(2)18-15/h7-10,14H,4-6H2,1-3H3,(H,20,21). The molecule has 1 aromatic heterocycles. The first-order valence-corrected chi connectivity index (χ1v) is 7.60. The number of aromatic nitrogens is 2. The van der Waals surface area contributed by atoms with Crippen molar-refractivity contribution in [2.75, 3.05) is 0 Å². The van der Waals surface area contributed by atoms with Gasteiger partial charge in [0.15, 0.2) is 0 Å². The fraction of sp³-hybridized carbons (Fsp3) is 0.471. The lowest BCUT2D eigenvalue weighted by Gasteiger charge is -2.17. The normalized spacial score (nSPS) is 21.7. The summed E-state index contributed by atoms with van der Waals surface area (Å²) in [4.78, 5) is 21.4. The second kappa shape index (κ2) is 5.43. The maximum absolute atomic E-state index is 12.4. The molecule has 2 unspecified atom stereocenters. The minimum absolute atomic E-state index is 0.00400. The van der Waals surface area contributed by atoms with Crippen molar-refractivity contribution in [2.24, 2.45) is 5.92 Å². The first kappa shape index (κ1) is 14.0. The van der Waals surface area contributed by atoms with Gasteiger partial charge < -0.3 is 5.32 Å². The summed E-state index contributed by atoms with van der Waals surface area (Å²) < 4.78 is 0. The van der Waals surface area contributed by atoms with Crippen LogP contribution in [0, 0.1) is 19.8 Å². The number of amides is 1. The molecule has 2 atom stereocenters. The van der Waals surface area contributed by atoms with Crippen LogP contribution in [0.15, 0.2) is 18.2 Å². The second-order valence-electron chi connectivity index (χ2n) is 6.09. The number of hydrogen-bond acceptors (Lipinski definition) is 3. The van der Waals surface area contributed by atoms with Gasteiger partial charge >= 0.3 is 0 Å². The molecule has 1 fully saturated rings. The lowest BCUT2D eigenvalue weighted by Crippen LogP contribution is -2.36. The van der Waals surface area contributed by atoms with Crippen molar-refractivity contribution in [2.45, 2.75) is 46.1 Å². The zero-order valence-electron chi connectivity index (χ0n) is 12.8. The zero-order chi connectivity index (χ0) is 15.0. The van der Waals surface area contributed by atoms with Crippen molar-refractivity contribution in [1.29, 1.82) is 0 Å². The molecule has 0 radical (unpaired) electrons. The monoisotopic (exact) mass is 283 g/mol. The molecule has 21 heavy (non-hydrogen) atoms. The summed E-state index contributed by atoms with van der Waals surface area (Å²) in [6.45, 7) is 6.09. The van der Waals surface area contributed by atoms with Crippen molar-refractivity contribution in [3.63, 3.8) is 0 Å². The molecular formula is C17H21N3O. The highest BCUT2D eigenvalue weighted by molar-refractivity contribution is 5.97. The van der Waals surface area contributed by atoms with Crippen molar-refractivity contribution in [3.8, 4) is 0 Å². The lowest BCUT2D eigenvalue weighted by molar-refractivity contribution is 0.0930. The van der Waals surface area contributed by atoms with Crippen molar-refractivity contribution >= 4 is 16.9 Å². The van der Waals surface area contributed by atoms with Gasteiger partial charge in [-0.1, -0.05) is 13.3 Å². The summed E-state index contributed by atoms with van der Waals surface area (Å²) in [5.41, 5.74) is 4.12. The highest BCUT2D eigenvalue weighted by atomic mass is 16.1. The van der Waals surface area contributed by atoms with Crippen LogP contribution in [-0.4, -0.2) is 21.9 Å². The van der Waals surface area contributed by atoms with E-state index in [0.717, 1.165) is 28.8 Å². The second-order valence-corrected chi connectivity index (χ2v) is 6.09. The van der Waals surface area contributed by atoms with E-state index in [9.17, 15) is 4.79 Å². The van der Waals surface area contributed by atoms with Crippen LogP contribution in [0.3, 0.4) is 0 Å². The molecule has 1 aromatic carbocycles. The molecule has 2 aromatic rings. The molecule has 1 aliphatic rings. The molecule has 110 valence electrons. The molecule has 0 aliphatic heterocycles. The zero-order valence-corrected chi connectivity index (χ0v) is 12.8. The third kappa shape index (κ3) is 2.75. The first-order chi connectivity index (χ1) is 10.0. The number of carbonyl (C=O) groups excluding carboxylic acids is 1. The summed E-state index contributed by atoms with van der Waals surface area (Å²) >= 11 is 0. The SMILES string of the molecule is Cc1nc2ccc(C(=O)NC3CCCC3C)cc2nc1C. The molecule has 4 heteroatoms. The van der Waals surface area contributed by atoms with Gasteiger partial charge in [-0.25, -0.2) is 9.97 Å². The van der Waals surface area contributed by atoms with Crippen LogP contribution in [-0.2, 0) is 0 Å². The molecule has 1 saturated carbocycles. The lowest BCUT2D eigenvalue weighted by atomic mass is 10.1. The summed E-state index contributed by atoms with van der Waals surface area (Å²) in [7, 11) is 0. The fourth-order valence-electron chi connectivity index (χ4n) is 2.98. The van der Waals surface area contributed by atoms with E-state index in [0.29, 0.717) is 17.5 Å². The van der Waals surface area contributed by atoms with Crippen LogP contribution in [0.2, 0.25) is 0 Å². The van der Waals surface area contributed by atoms with Crippen LogP contribution in [0.5, 0.6) is 0 Å². The summed E-state index contributed by atoms with van der Waals surface area (Å²) in [5, 5.41) is 3.15. The van der Waals surface area contributed by atoms with Gasteiger partial charge in [0, 0.05) is 11.6 Å². The number of benzene rings is 1. The Morgan fingerprint density at radius 2 is 1.86 bits per heavy atom. The van der Waals surface area contributed by atoms with Gasteiger partial charge in [0.05, 0.1) is 22.4 Å². The quantitative estimate of drug-likeness (QED) is 0.921. The smallest absolute Gasteiger partial charge is 0.251 e. The Hall–Kier alpha value is -1.97. The Labute approximate surface area is 125 Å². The average Bonchev–Trinajstić information content (AvgIpc) is 2.85. The van der Waals surface area contributed by atoms with E-state index >= 15 is 0 Å². The Bertz CT molecular complexity index is 696. The largest absolute Gasteiger partial charge is 0.349 e. The van der Waals surface area contributed by atoms with Crippen LogP contribution in [0.25, 0.3) is 11.0 Å². The molecule has 1 heterocycles. The Balaban J connectivity index is 1.86. The van der Waals surface area contributed by atoms with Crippen LogP contribution < -0.4 is 5.32 Å². The number of rotatable bonds is 2. The summed E-state index contributed by atoms with van der Waals surface area (Å²) in [6.07, 6.45) is 3.49. The van der Waals surface area contributed by atoms with E-state index in [1.165, 1.54) is 12.8 Å². The molecule has 4 nitrogen and oxygen atoms in total. The number of nitrogens with one attached hydrogen (secondary N) is 1. The van der Waals surface area contributed by atoms with Gasteiger partial charge in [-0.3, -0.25) is 4.79 Å². The van der Waals surface area contributed by atoms with Crippen LogP contribution in [0.1, 0.15) is 47.9 Å². The molecule has 0 spiro atoms. The molecule has 1 aliphatic carbocycles. The molecule has 1 amide bonds. The number of aryl methyl sites for hydroxylation is 2.